The molecule has 0 spiro atoms. The van der Waals surface area contributed by atoms with Crippen LogP contribution < -0.4 is 10.6 Å². The minimum absolute atomic E-state index is 0.00921. The molecule has 2 N–H and O–H groups in total. The van der Waals surface area contributed by atoms with Crippen molar-refractivity contribution in [3.63, 3.8) is 0 Å². The third kappa shape index (κ3) is 2.72. The van der Waals surface area contributed by atoms with Crippen molar-refractivity contribution in [2.75, 3.05) is 11.9 Å². The average Bonchev–Trinajstić information content (AvgIpc) is 2.38. The van der Waals surface area contributed by atoms with Crippen LogP contribution >= 0.6 is 0 Å². The van der Waals surface area contributed by atoms with Crippen molar-refractivity contribution in [3.8, 4) is 0 Å². The van der Waals surface area contributed by atoms with E-state index in [1.165, 1.54) is 5.56 Å². The number of hydrogen-bond acceptors (Lipinski definition) is 2. The summed E-state index contributed by atoms with van der Waals surface area (Å²) in [5, 5.41) is 0. The number of carbonyl (C=O) groups excluding carboxylic acids is 1. The molecule has 2 unspecified atom stereocenters. The highest BCUT2D eigenvalue weighted by Gasteiger charge is 2.30. The smallest absolute Gasteiger partial charge is 0.231 e. The molecule has 1 aliphatic rings. The van der Waals surface area contributed by atoms with Crippen molar-refractivity contribution in [3.05, 3.63) is 29.8 Å². The summed E-state index contributed by atoms with van der Waals surface area (Å²) in [6.45, 7) is 2.04. The van der Waals surface area contributed by atoms with E-state index in [0.717, 1.165) is 31.4 Å². The Bertz CT molecular complexity index is 413. The van der Waals surface area contributed by atoms with Gasteiger partial charge in [0.2, 0.25) is 5.91 Å². The van der Waals surface area contributed by atoms with E-state index in [2.05, 4.69) is 0 Å². The van der Waals surface area contributed by atoms with Gasteiger partial charge in [0.25, 0.3) is 0 Å². The first-order valence-corrected chi connectivity index (χ1v) is 6.69. The summed E-state index contributed by atoms with van der Waals surface area (Å²) in [5.74, 6) is 0.149. The Balaban J connectivity index is 2.10. The fourth-order valence-electron chi connectivity index (χ4n) is 2.61. The molecular formula is C15H22N2O. The van der Waals surface area contributed by atoms with Crippen molar-refractivity contribution in [1.29, 1.82) is 0 Å². The Hall–Kier alpha value is -1.35. The van der Waals surface area contributed by atoms with E-state index in [-0.39, 0.29) is 17.9 Å². The Labute approximate surface area is 109 Å². The molecule has 2 rings (SSSR count). The lowest BCUT2D eigenvalue weighted by molar-refractivity contribution is -0.123. The fraction of sp³-hybridized carbons (Fsp3) is 0.533. The number of anilines is 1. The molecule has 0 aliphatic heterocycles. The number of hydrogen-bond donors (Lipinski definition) is 1. The zero-order valence-corrected chi connectivity index (χ0v) is 11.2. The van der Waals surface area contributed by atoms with E-state index in [1.807, 2.05) is 38.2 Å². The number of benzene rings is 1. The third-order valence-corrected chi connectivity index (χ3v) is 3.89. The Morgan fingerprint density at radius 3 is 2.44 bits per heavy atom. The third-order valence-electron chi connectivity index (χ3n) is 3.89. The monoisotopic (exact) mass is 246 g/mol. The minimum atomic E-state index is -0.00921. The van der Waals surface area contributed by atoms with Gasteiger partial charge >= 0.3 is 0 Å². The molecule has 2 atom stereocenters. The van der Waals surface area contributed by atoms with Gasteiger partial charge in [-0.15, -0.1) is 0 Å². The summed E-state index contributed by atoms with van der Waals surface area (Å²) in [4.78, 5) is 14.2. The van der Waals surface area contributed by atoms with Crippen molar-refractivity contribution in [1.82, 2.24) is 0 Å². The van der Waals surface area contributed by atoms with Crippen molar-refractivity contribution in [2.45, 2.75) is 38.6 Å². The zero-order chi connectivity index (χ0) is 13.1. The normalized spacial score (nSPS) is 23.7. The first-order valence-electron chi connectivity index (χ1n) is 6.69. The van der Waals surface area contributed by atoms with Crippen LogP contribution in [0, 0.1) is 12.8 Å². The molecule has 1 aliphatic carbocycles. The number of amides is 1. The second-order valence-corrected chi connectivity index (χ2v) is 5.29. The maximum absolute atomic E-state index is 12.4. The second kappa shape index (κ2) is 5.53. The minimum Gasteiger partial charge on any atom is -0.327 e. The SMILES string of the molecule is Cc1ccc(N(C)C(=O)C2CCCCC2N)cc1. The molecule has 0 radical (unpaired) electrons. The highest BCUT2D eigenvalue weighted by atomic mass is 16.2. The maximum atomic E-state index is 12.4. The van der Waals surface area contributed by atoms with Crippen LogP contribution in [0.15, 0.2) is 24.3 Å². The van der Waals surface area contributed by atoms with Crippen LogP contribution in [0.3, 0.4) is 0 Å². The molecule has 0 bridgehead atoms. The van der Waals surface area contributed by atoms with Crippen LogP contribution in [0.1, 0.15) is 31.2 Å². The first-order chi connectivity index (χ1) is 8.59. The molecule has 0 aromatic heterocycles. The average molecular weight is 246 g/mol. The van der Waals surface area contributed by atoms with Crippen molar-refractivity contribution in [2.24, 2.45) is 11.7 Å². The standard InChI is InChI=1S/C15H22N2O/c1-11-7-9-12(10-8-11)17(2)15(18)13-5-3-4-6-14(13)16/h7-10,13-14H,3-6,16H2,1-2H3. The summed E-state index contributed by atoms with van der Waals surface area (Å²) in [5.41, 5.74) is 8.22. The van der Waals surface area contributed by atoms with E-state index in [0.29, 0.717) is 0 Å². The van der Waals surface area contributed by atoms with Gasteiger partial charge in [-0.2, -0.15) is 0 Å². The van der Waals surface area contributed by atoms with Gasteiger partial charge in [-0.1, -0.05) is 30.5 Å². The van der Waals surface area contributed by atoms with Gasteiger partial charge in [0.1, 0.15) is 0 Å². The molecule has 0 heterocycles. The molecule has 1 saturated carbocycles. The molecule has 1 aromatic rings. The van der Waals surface area contributed by atoms with Gasteiger partial charge in [0.05, 0.1) is 5.92 Å². The zero-order valence-electron chi connectivity index (χ0n) is 11.2. The number of nitrogens with two attached hydrogens (primary N) is 1. The van der Waals surface area contributed by atoms with Crippen molar-refractivity contribution >= 4 is 11.6 Å². The summed E-state index contributed by atoms with van der Waals surface area (Å²) in [7, 11) is 1.84. The highest BCUT2D eigenvalue weighted by molar-refractivity contribution is 5.95. The number of nitrogens with zero attached hydrogens (tertiary/aromatic N) is 1. The molecule has 98 valence electrons. The van der Waals surface area contributed by atoms with Gasteiger partial charge in [-0.05, 0) is 31.9 Å². The molecule has 1 fully saturated rings. The van der Waals surface area contributed by atoms with Crippen LogP contribution in [-0.2, 0) is 4.79 Å². The van der Waals surface area contributed by atoms with E-state index in [9.17, 15) is 4.79 Å². The molecule has 3 heteroatoms. The van der Waals surface area contributed by atoms with Crippen LogP contribution in [-0.4, -0.2) is 19.0 Å². The van der Waals surface area contributed by atoms with E-state index in [1.54, 1.807) is 4.90 Å². The molecule has 18 heavy (non-hydrogen) atoms. The number of carbonyl (C=O) groups is 1. The fourth-order valence-corrected chi connectivity index (χ4v) is 2.61. The lowest BCUT2D eigenvalue weighted by Gasteiger charge is -2.31. The van der Waals surface area contributed by atoms with E-state index >= 15 is 0 Å². The number of aryl methyl sites for hydroxylation is 1. The summed E-state index contributed by atoms with van der Waals surface area (Å²) in [6.07, 6.45) is 4.17. The number of rotatable bonds is 2. The van der Waals surface area contributed by atoms with Gasteiger partial charge < -0.3 is 10.6 Å². The van der Waals surface area contributed by atoms with Gasteiger partial charge in [-0.3, -0.25) is 4.79 Å². The summed E-state index contributed by atoms with van der Waals surface area (Å²) in [6, 6.07) is 8.06. The van der Waals surface area contributed by atoms with Crippen LogP contribution in [0.5, 0.6) is 0 Å². The Morgan fingerprint density at radius 2 is 1.83 bits per heavy atom. The van der Waals surface area contributed by atoms with Crippen LogP contribution in [0.25, 0.3) is 0 Å². The quantitative estimate of drug-likeness (QED) is 0.871. The molecular weight excluding hydrogens is 224 g/mol. The largest absolute Gasteiger partial charge is 0.327 e. The van der Waals surface area contributed by atoms with Gasteiger partial charge in [0, 0.05) is 18.8 Å². The van der Waals surface area contributed by atoms with E-state index in [4.69, 9.17) is 5.73 Å². The van der Waals surface area contributed by atoms with E-state index < -0.39 is 0 Å². The lowest BCUT2D eigenvalue weighted by Crippen LogP contribution is -2.44. The van der Waals surface area contributed by atoms with Gasteiger partial charge in [0.15, 0.2) is 0 Å². The first kappa shape index (κ1) is 13.1. The van der Waals surface area contributed by atoms with Crippen molar-refractivity contribution < 1.29 is 4.79 Å². The topological polar surface area (TPSA) is 46.3 Å². The summed E-state index contributed by atoms with van der Waals surface area (Å²) >= 11 is 0. The predicted octanol–water partition coefficient (Wildman–Crippen LogP) is 2.48. The van der Waals surface area contributed by atoms with Gasteiger partial charge in [-0.25, -0.2) is 0 Å². The second-order valence-electron chi connectivity index (χ2n) is 5.29. The molecule has 3 nitrogen and oxygen atoms in total. The summed E-state index contributed by atoms with van der Waals surface area (Å²) < 4.78 is 0. The predicted molar refractivity (Wildman–Crippen MR) is 74.5 cm³/mol. The molecule has 1 aromatic carbocycles. The maximum Gasteiger partial charge on any atom is 0.231 e. The van der Waals surface area contributed by atoms with Crippen LogP contribution in [0.2, 0.25) is 0 Å². The highest BCUT2D eigenvalue weighted by Crippen LogP contribution is 2.26. The lowest BCUT2D eigenvalue weighted by atomic mass is 9.84. The molecule has 1 amide bonds. The van der Waals surface area contributed by atoms with Crippen LogP contribution in [0.4, 0.5) is 5.69 Å². The Kier molecular flexibility index (Phi) is 4.02. The molecule has 0 saturated heterocycles. The Morgan fingerprint density at radius 1 is 1.22 bits per heavy atom.